The molecule has 0 amide bonds. The van der Waals surface area contributed by atoms with E-state index in [9.17, 15) is 8.42 Å². The second-order valence-electron chi connectivity index (χ2n) is 4.93. The van der Waals surface area contributed by atoms with Gasteiger partial charge in [-0.05, 0) is 30.9 Å². The molecule has 1 aliphatic rings. The van der Waals surface area contributed by atoms with Crippen molar-refractivity contribution >= 4 is 15.7 Å². The monoisotopic (exact) mass is 284 g/mol. The normalized spacial score (nSPS) is 15.7. The van der Waals surface area contributed by atoms with Crippen LogP contribution in [0.25, 0.3) is 0 Å². The molecule has 1 saturated carbocycles. The first-order chi connectivity index (χ1) is 8.99. The van der Waals surface area contributed by atoms with E-state index in [0.717, 1.165) is 12.8 Å². The number of para-hydroxylation sites is 2. The molecule has 0 radical (unpaired) electrons. The quantitative estimate of drug-likeness (QED) is 0.766. The van der Waals surface area contributed by atoms with Crippen LogP contribution in [0.5, 0.6) is 5.75 Å². The number of hydrogen-bond donors (Lipinski definition) is 1. The molecule has 106 valence electrons. The number of nitrogen functional groups attached to an aromatic ring is 1. The van der Waals surface area contributed by atoms with Gasteiger partial charge in [-0.15, -0.1) is 0 Å². The van der Waals surface area contributed by atoms with Crippen molar-refractivity contribution in [1.29, 1.82) is 0 Å². The zero-order valence-corrected chi connectivity index (χ0v) is 11.9. The molecular weight excluding hydrogens is 264 g/mol. The lowest BCUT2D eigenvalue weighted by molar-refractivity contribution is 0.338. The third kappa shape index (κ3) is 4.11. The van der Waals surface area contributed by atoms with Gasteiger partial charge in [-0.2, -0.15) is 0 Å². The van der Waals surface area contributed by atoms with Crippen LogP contribution in [0, 0.1) is 5.92 Å². The number of nitrogens with two attached hydrogens (primary N) is 1. The number of ether oxygens (including phenoxy) is 1. The Morgan fingerprint density at radius 3 is 2.68 bits per heavy atom. The van der Waals surface area contributed by atoms with Crippen LogP contribution in [0.3, 0.4) is 0 Å². The lowest BCUT2D eigenvalue weighted by atomic mass is 10.3. The minimum Gasteiger partial charge on any atom is -0.490 e. The number of nitrogens with zero attached hydrogens (tertiary/aromatic N) is 1. The van der Waals surface area contributed by atoms with Crippen LogP contribution in [0.15, 0.2) is 24.3 Å². The van der Waals surface area contributed by atoms with Crippen LogP contribution < -0.4 is 10.5 Å². The molecule has 0 unspecified atom stereocenters. The summed E-state index contributed by atoms with van der Waals surface area (Å²) in [5.74, 6) is 1.05. The zero-order chi connectivity index (χ0) is 13.9. The molecule has 2 rings (SSSR count). The molecule has 1 aliphatic carbocycles. The van der Waals surface area contributed by atoms with Gasteiger partial charge in [0.05, 0.1) is 11.4 Å². The van der Waals surface area contributed by atoms with Crippen molar-refractivity contribution in [2.24, 2.45) is 5.92 Å². The van der Waals surface area contributed by atoms with Crippen molar-refractivity contribution < 1.29 is 13.2 Å². The van der Waals surface area contributed by atoms with Gasteiger partial charge >= 0.3 is 0 Å². The predicted molar refractivity (Wildman–Crippen MR) is 75.5 cm³/mol. The van der Waals surface area contributed by atoms with Crippen molar-refractivity contribution in [3.05, 3.63) is 24.3 Å². The molecular formula is C13H20N2O3S. The highest BCUT2D eigenvalue weighted by Gasteiger charge is 2.27. The van der Waals surface area contributed by atoms with E-state index >= 15 is 0 Å². The third-order valence-corrected chi connectivity index (χ3v) is 4.99. The Balaban J connectivity index is 1.82. The van der Waals surface area contributed by atoms with Crippen LogP contribution in [0.1, 0.15) is 12.8 Å². The lowest BCUT2D eigenvalue weighted by Gasteiger charge is -2.17. The molecule has 19 heavy (non-hydrogen) atoms. The fourth-order valence-electron chi connectivity index (χ4n) is 1.80. The summed E-state index contributed by atoms with van der Waals surface area (Å²) in [6.07, 6.45) is 2.27. The Bertz CT molecular complexity index is 526. The molecule has 0 heterocycles. The number of benzene rings is 1. The average molecular weight is 284 g/mol. The maximum Gasteiger partial charge on any atom is 0.217 e. The average Bonchev–Trinajstić information content (AvgIpc) is 3.15. The Kier molecular flexibility index (Phi) is 4.31. The first-order valence-electron chi connectivity index (χ1n) is 6.40. The molecule has 1 fully saturated rings. The first kappa shape index (κ1) is 14.1. The van der Waals surface area contributed by atoms with Crippen molar-refractivity contribution in [3.63, 3.8) is 0 Å². The fraction of sp³-hybridized carbons (Fsp3) is 0.538. The molecule has 5 nitrogen and oxygen atoms in total. The van der Waals surface area contributed by atoms with E-state index in [1.54, 1.807) is 25.2 Å². The van der Waals surface area contributed by atoms with E-state index in [0.29, 0.717) is 23.9 Å². The fourth-order valence-corrected chi connectivity index (χ4v) is 2.85. The topological polar surface area (TPSA) is 72.6 Å². The van der Waals surface area contributed by atoms with Crippen LogP contribution >= 0.6 is 0 Å². The number of rotatable bonds is 7. The molecule has 0 aliphatic heterocycles. The van der Waals surface area contributed by atoms with Crippen molar-refractivity contribution in [3.8, 4) is 5.75 Å². The van der Waals surface area contributed by atoms with Crippen LogP contribution in [0.4, 0.5) is 5.69 Å². The van der Waals surface area contributed by atoms with Crippen LogP contribution in [-0.4, -0.2) is 38.7 Å². The van der Waals surface area contributed by atoms with Crippen LogP contribution in [-0.2, 0) is 10.0 Å². The summed E-state index contributed by atoms with van der Waals surface area (Å²) in [6.45, 7) is 0.737. The summed E-state index contributed by atoms with van der Waals surface area (Å²) < 4.78 is 30.8. The van der Waals surface area contributed by atoms with E-state index in [2.05, 4.69) is 0 Å². The van der Waals surface area contributed by atoms with Gasteiger partial charge in [0.25, 0.3) is 0 Å². The minimum absolute atomic E-state index is 0.0233. The third-order valence-electron chi connectivity index (χ3n) is 3.20. The molecule has 0 spiro atoms. The van der Waals surface area contributed by atoms with Gasteiger partial charge in [0.15, 0.2) is 0 Å². The Hall–Kier alpha value is -1.27. The zero-order valence-electron chi connectivity index (χ0n) is 11.1. The van der Waals surface area contributed by atoms with Gasteiger partial charge in [-0.3, -0.25) is 0 Å². The highest BCUT2D eigenvalue weighted by Crippen LogP contribution is 2.30. The Morgan fingerprint density at radius 2 is 2.05 bits per heavy atom. The number of sulfonamides is 1. The molecule has 0 atom stereocenters. The van der Waals surface area contributed by atoms with Crippen LogP contribution in [0.2, 0.25) is 0 Å². The van der Waals surface area contributed by atoms with Gasteiger partial charge in [0.1, 0.15) is 12.4 Å². The largest absolute Gasteiger partial charge is 0.490 e. The van der Waals surface area contributed by atoms with Gasteiger partial charge in [0, 0.05) is 13.6 Å². The SMILES string of the molecule is CN(CC1CC1)S(=O)(=O)CCOc1ccccc1N. The lowest BCUT2D eigenvalue weighted by Crippen LogP contribution is -2.33. The minimum atomic E-state index is -3.23. The molecule has 0 bridgehead atoms. The predicted octanol–water partition coefficient (Wildman–Crippen LogP) is 1.32. The van der Waals surface area contributed by atoms with E-state index in [1.165, 1.54) is 4.31 Å². The Labute approximate surface area is 114 Å². The molecule has 0 aromatic heterocycles. The molecule has 1 aromatic rings. The summed E-state index contributed by atoms with van der Waals surface area (Å²) >= 11 is 0. The standard InChI is InChI=1S/C13H20N2O3S/c1-15(10-11-6-7-11)19(16,17)9-8-18-13-5-3-2-4-12(13)14/h2-5,11H,6-10,14H2,1H3. The molecule has 2 N–H and O–H groups in total. The Morgan fingerprint density at radius 1 is 1.37 bits per heavy atom. The molecule has 6 heteroatoms. The van der Waals surface area contributed by atoms with Gasteiger partial charge in [0.2, 0.25) is 10.0 Å². The summed E-state index contributed by atoms with van der Waals surface area (Å²) in [5, 5.41) is 0. The van der Waals surface area contributed by atoms with Crippen molar-refractivity contribution in [1.82, 2.24) is 4.31 Å². The smallest absolute Gasteiger partial charge is 0.217 e. The van der Waals surface area contributed by atoms with Gasteiger partial charge in [-0.1, -0.05) is 12.1 Å². The number of anilines is 1. The second kappa shape index (κ2) is 5.79. The maximum absolute atomic E-state index is 12.0. The van der Waals surface area contributed by atoms with Crippen molar-refractivity contribution in [2.45, 2.75) is 12.8 Å². The van der Waals surface area contributed by atoms with Crippen molar-refractivity contribution in [2.75, 3.05) is 31.7 Å². The van der Waals surface area contributed by atoms with E-state index in [-0.39, 0.29) is 12.4 Å². The van der Waals surface area contributed by atoms with Gasteiger partial charge < -0.3 is 10.5 Å². The second-order valence-corrected chi connectivity index (χ2v) is 7.12. The maximum atomic E-state index is 12.0. The summed E-state index contributed by atoms with van der Waals surface area (Å²) in [7, 11) is -1.60. The molecule has 0 saturated heterocycles. The van der Waals surface area contributed by atoms with Gasteiger partial charge in [-0.25, -0.2) is 12.7 Å². The highest BCUT2D eigenvalue weighted by atomic mass is 32.2. The summed E-state index contributed by atoms with van der Waals surface area (Å²) in [4.78, 5) is 0. The number of hydrogen-bond acceptors (Lipinski definition) is 4. The molecule has 1 aromatic carbocycles. The highest BCUT2D eigenvalue weighted by molar-refractivity contribution is 7.89. The van der Waals surface area contributed by atoms with E-state index in [4.69, 9.17) is 10.5 Å². The van der Waals surface area contributed by atoms with E-state index < -0.39 is 10.0 Å². The summed E-state index contributed by atoms with van der Waals surface area (Å²) in [6, 6.07) is 7.07. The van der Waals surface area contributed by atoms with E-state index in [1.807, 2.05) is 6.07 Å². The first-order valence-corrected chi connectivity index (χ1v) is 8.01. The summed E-state index contributed by atoms with van der Waals surface area (Å²) in [5.41, 5.74) is 6.24.